The molecule has 4 nitrogen and oxygen atoms in total. The van der Waals surface area contributed by atoms with E-state index >= 15 is 0 Å². The molecule has 0 saturated heterocycles. The molecule has 0 spiro atoms. The van der Waals surface area contributed by atoms with Crippen LogP contribution < -0.4 is 4.74 Å². The summed E-state index contributed by atoms with van der Waals surface area (Å²) in [5.41, 5.74) is 1.11. The number of ether oxygens (including phenoxy) is 1. The number of aromatic nitrogens is 3. The van der Waals surface area contributed by atoms with Crippen LogP contribution in [0.2, 0.25) is 10.0 Å². The highest BCUT2D eigenvalue weighted by atomic mass is 35.5. The lowest BCUT2D eigenvalue weighted by Crippen LogP contribution is -2.12. The lowest BCUT2D eigenvalue weighted by molar-refractivity contribution is 0.210. The molecular weight excluding hydrogens is 408 g/mol. The number of hydrogen-bond donors (Lipinski definition) is 0. The summed E-state index contributed by atoms with van der Waals surface area (Å²) in [5, 5.41) is 10.3. The Hall–Kier alpha value is -1.76. The predicted octanol–water partition coefficient (Wildman–Crippen LogP) is 6.18. The third kappa shape index (κ3) is 4.94. The summed E-state index contributed by atoms with van der Waals surface area (Å²) < 4.78 is 21.1. The van der Waals surface area contributed by atoms with E-state index < -0.39 is 5.82 Å². The molecule has 8 heteroatoms. The molecule has 0 aliphatic rings. The van der Waals surface area contributed by atoms with Crippen LogP contribution in [0.1, 0.15) is 31.3 Å². The number of nitrogens with zero attached hydrogens (tertiary/aromatic N) is 3. The van der Waals surface area contributed by atoms with E-state index in [1.54, 1.807) is 11.8 Å². The van der Waals surface area contributed by atoms with Crippen molar-refractivity contribution in [3.63, 3.8) is 0 Å². The standard InChI is InChI=1S/C19H18Cl2FN3OS/c1-3-25-18(12(2)26-17-8-7-15(22)10-16(17)21)23-24-19(25)27-11-13-5-4-6-14(20)9-13/h4-10,12H,3,11H2,1-2H3. The van der Waals surface area contributed by atoms with Crippen molar-refractivity contribution in [2.24, 2.45) is 0 Å². The average Bonchev–Trinajstić information content (AvgIpc) is 3.05. The lowest BCUT2D eigenvalue weighted by Gasteiger charge is -2.16. The average molecular weight is 426 g/mol. The summed E-state index contributed by atoms with van der Waals surface area (Å²) in [4.78, 5) is 0. The molecule has 2 aromatic carbocycles. The van der Waals surface area contributed by atoms with Gasteiger partial charge < -0.3 is 9.30 Å². The summed E-state index contributed by atoms with van der Waals surface area (Å²) in [5.74, 6) is 1.42. The Kier molecular flexibility index (Phi) is 6.63. The number of halogens is 3. The van der Waals surface area contributed by atoms with Crippen molar-refractivity contribution in [2.75, 3.05) is 0 Å². The highest BCUT2D eigenvalue weighted by molar-refractivity contribution is 7.98. The Morgan fingerprint density at radius 1 is 1.19 bits per heavy atom. The predicted molar refractivity (Wildman–Crippen MR) is 107 cm³/mol. The van der Waals surface area contributed by atoms with Gasteiger partial charge in [-0.3, -0.25) is 0 Å². The molecule has 0 fully saturated rings. The van der Waals surface area contributed by atoms with Gasteiger partial charge in [-0.05, 0) is 49.7 Å². The third-order valence-corrected chi connectivity index (χ3v) is 5.45. The first kappa shape index (κ1) is 20.0. The zero-order valence-electron chi connectivity index (χ0n) is 14.8. The molecule has 1 unspecified atom stereocenters. The normalized spacial score (nSPS) is 12.2. The van der Waals surface area contributed by atoms with Gasteiger partial charge in [-0.25, -0.2) is 4.39 Å². The second-order valence-electron chi connectivity index (χ2n) is 5.84. The highest BCUT2D eigenvalue weighted by Gasteiger charge is 2.19. The molecule has 3 rings (SSSR count). The SMILES string of the molecule is CCn1c(SCc2cccc(Cl)c2)nnc1C(C)Oc1ccc(F)cc1Cl. The van der Waals surface area contributed by atoms with Crippen LogP contribution in [0.4, 0.5) is 4.39 Å². The quantitative estimate of drug-likeness (QED) is 0.423. The molecule has 0 bridgehead atoms. The molecule has 27 heavy (non-hydrogen) atoms. The minimum atomic E-state index is -0.406. The first-order valence-corrected chi connectivity index (χ1v) is 10.1. The summed E-state index contributed by atoms with van der Waals surface area (Å²) in [6, 6.07) is 11.8. The van der Waals surface area contributed by atoms with E-state index in [4.69, 9.17) is 27.9 Å². The topological polar surface area (TPSA) is 39.9 Å². The van der Waals surface area contributed by atoms with E-state index in [-0.39, 0.29) is 11.1 Å². The molecule has 0 amide bonds. The summed E-state index contributed by atoms with van der Waals surface area (Å²) >= 11 is 13.7. The number of thioether (sulfide) groups is 1. The maximum Gasteiger partial charge on any atom is 0.191 e. The Labute approximate surface area is 171 Å². The second kappa shape index (κ2) is 8.95. The van der Waals surface area contributed by atoms with Gasteiger partial charge in [0.1, 0.15) is 11.6 Å². The van der Waals surface area contributed by atoms with Gasteiger partial charge in [0, 0.05) is 17.3 Å². The Bertz CT molecular complexity index is 935. The smallest absolute Gasteiger partial charge is 0.191 e. The molecule has 0 saturated carbocycles. The fourth-order valence-corrected chi connectivity index (χ4v) is 3.97. The van der Waals surface area contributed by atoms with Crippen LogP contribution in [0.5, 0.6) is 5.75 Å². The zero-order chi connectivity index (χ0) is 19.4. The molecule has 142 valence electrons. The first-order valence-electron chi connectivity index (χ1n) is 8.40. The van der Waals surface area contributed by atoms with Crippen LogP contribution in [0.3, 0.4) is 0 Å². The van der Waals surface area contributed by atoms with Gasteiger partial charge >= 0.3 is 0 Å². The maximum atomic E-state index is 13.2. The van der Waals surface area contributed by atoms with Gasteiger partial charge in [0.2, 0.25) is 0 Å². The van der Waals surface area contributed by atoms with Gasteiger partial charge in [0.25, 0.3) is 0 Å². The van der Waals surface area contributed by atoms with Crippen LogP contribution in [0.15, 0.2) is 47.6 Å². The van der Waals surface area contributed by atoms with Crippen molar-refractivity contribution in [3.05, 3.63) is 69.7 Å². The number of rotatable bonds is 7. The van der Waals surface area contributed by atoms with E-state index in [0.717, 1.165) is 16.5 Å². The number of hydrogen-bond acceptors (Lipinski definition) is 4. The van der Waals surface area contributed by atoms with Crippen molar-refractivity contribution < 1.29 is 9.13 Å². The van der Waals surface area contributed by atoms with Crippen LogP contribution in [-0.4, -0.2) is 14.8 Å². The molecule has 0 N–H and O–H groups in total. The fourth-order valence-electron chi connectivity index (χ4n) is 2.59. The zero-order valence-corrected chi connectivity index (χ0v) is 17.2. The summed E-state index contributed by atoms with van der Waals surface area (Å²) in [6.45, 7) is 4.58. The summed E-state index contributed by atoms with van der Waals surface area (Å²) in [6.07, 6.45) is -0.388. The van der Waals surface area contributed by atoms with E-state index in [1.165, 1.54) is 18.2 Å². The van der Waals surface area contributed by atoms with Crippen molar-refractivity contribution >= 4 is 35.0 Å². The minimum Gasteiger partial charge on any atom is -0.481 e. The molecule has 0 radical (unpaired) electrons. The van der Waals surface area contributed by atoms with Crippen molar-refractivity contribution in [2.45, 2.75) is 37.4 Å². The Morgan fingerprint density at radius 2 is 2.00 bits per heavy atom. The first-order chi connectivity index (χ1) is 13.0. The monoisotopic (exact) mass is 425 g/mol. The maximum absolute atomic E-state index is 13.2. The van der Waals surface area contributed by atoms with Gasteiger partial charge in [0.05, 0.1) is 5.02 Å². The molecule has 3 aromatic rings. The van der Waals surface area contributed by atoms with Gasteiger partial charge in [-0.15, -0.1) is 10.2 Å². The highest BCUT2D eigenvalue weighted by Crippen LogP contribution is 2.31. The summed E-state index contributed by atoms with van der Waals surface area (Å²) in [7, 11) is 0. The molecule has 1 atom stereocenters. The molecule has 0 aliphatic heterocycles. The van der Waals surface area contributed by atoms with Crippen LogP contribution in [0, 0.1) is 5.82 Å². The van der Waals surface area contributed by atoms with Crippen LogP contribution in [-0.2, 0) is 12.3 Å². The van der Waals surface area contributed by atoms with Crippen LogP contribution >= 0.6 is 35.0 Å². The van der Waals surface area contributed by atoms with Gasteiger partial charge in [-0.1, -0.05) is 47.1 Å². The van der Waals surface area contributed by atoms with Crippen molar-refractivity contribution in [1.82, 2.24) is 14.8 Å². The molecule has 1 heterocycles. The van der Waals surface area contributed by atoms with Crippen molar-refractivity contribution in [1.29, 1.82) is 0 Å². The number of benzene rings is 2. The largest absolute Gasteiger partial charge is 0.481 e. The molecule has 1 aromatic heterocycles. The Morgan fingerprint density at radius 3 is 2.70 bits per heavy atom. The van der Waals surface area contributed by atoms with E-state index in [1.807, 2.05) is 42.7 Å². The Balaban J connectivity index is 1.74. The van der Waals surface area contributed by atoms with Gasteiger partial charge in [0.15, 0.2) is 17.1 Å². The van der Waals surface area contributed by atoms with E-state index in [0.29, 0.717) is 23.1 Å². The second-order valence-corrected chi connectivity index (χ2v) is 7.62. The third-order valence-electron chi connectivity index (χ3n) is 3.88. The van der Waals surface area contributed by atoms with Gasteiger partial charge in [-0.2, -0.15) is 0 Å². The lowest BCUT2D eigenvalue weighted by atomic mass is 10.2. The van der Waals surface area contributed by atoms with Crippen molar-refractivity contribution in [3.8, 4) is 5.75 Å². The molecular formula is C19H18Cl2FN3OS. The van der Waals surface area contributed by atoms with Crippen LogP contribution in [0.25, 0.3) is 0 Å². The van der Waals surface area contributed by atoms with E-state index in [9.17, 15) is 4.39 Å². The minimum absolute atomic E-state index is 0.222. The van der Waals surface area contributed by atoms with E-state index in [2.05, 4.69) is 10.2 Å². The molecule has 0 aliphatic carbocycles. The fraction of sp³-hybridized carbons (Fsp3) is 0.263.